The predicted molar refractivity (Wildman–Crippen MR) is 75.5 cm³/mol. The van der Waals surface area contributed by atoms with Gasteiger partial charge in [-0.2, -0.15) is 0 Å². The average Bonchev–Trinajstić information content (AvgIpc) is 2.43. The summed E-state index contributed by atoms with van der Waals surface area (Å²) in [6.07, 6.45) is 3.54. The Bertz CT molecular complexity index is 459. The number of amidine groups is 1. The van der Waals surface area contributed by atoms with E-state index in [9.17, 15) is 0 Å². The number of nitrogens with zero attached hydrogens (tertiary/aromatic N) is 1. The van der Waals surface area contributed by atoms with Crippen molar-refractivity contribution >= 4 is 5.84 Å². The third-order valence-electron chi connectivity index (χ3n) is 4.11. The van der Waals surface area contributed by atoms with E-state index in [2.05, 4.69) is 19.0 Å². The number of hydrogen-bond acceptors (Lipinski definition) is 3. The van der Waals surface area contributed by atoms with Gasteiger partial charge < -0.3 is 15.7 Å². The van der Waals surface area contributed by atoms with Crippen LogP contribution in [0.3, 0.4) is 0 Å². The summed E-state index contributed by atoms with van der Waals surface area (Å²) in [7, 11) is 0. The zero-order chi connectivity index (χ0) is 13.8. The van der Waals surface area contributed by atoms with Crippen molar-refractivity contribution < 1.29 is 9.94 Å². The van der Waals surface area contributed by atoms with Crippen molar-refractivity contribution in [2.75, 3.05) is 0 Å². The standard InChI is InChI=1S/C15H22N2O2/c1-10-7-8-12(9-11(10)2)19-14-6-4-3-5-13(14)15(16)17-18/h3-6,10-12,18H,7-9H2,1-2H3,(H2,16,17). The van der Waals surface area contributed by atoms with Gasteiger partial charge >= 0.3 is 0 Å². The van der Waals surface area contributed by atoms with Crippen LogP contribution < -0.4 is 10.5 Å². The lowest BCUT2D eigenvalue weighted by Gasteiger charge is -2.32. The number of ether oxygens (including phenoxy) is 1. The van der Waals surface area contributed by atoms with Crippen molar-refractivity contribution in [2.24, 2.45) is 22.7 Å². The van der Waals surface area contributed by atoms with Crippen molar-refractivity contribution in [2.45, 2.75) is 39.2 Å². The van der Waals surface area contributed by atoms with E-state index in [1.165, 1.54) is 6.42 Å². The van der Waals surface area contributed by atoms with Gasteiger partial charge in [-0.25, -0.2) is 0 Å². The molecule has 1 aromatic carbocycles. The molecule has 1 fully saturated rings. The molecule has 4 heteroatoms. The monoisotopic (exact) mass is 262 g/mol. The van der Waals surface area contributed by atoms with Crippen molar-refractivity contribution in [1.82, 2.24) is 0 Å². The highest BCUT2D eigenvalue weighted by Gasteiger charge is 2.26. The molecule has 3 N–H and O–H groups in total. The Morgan fingerprint density at radius 1 is 1.26 bits per heavy atom. The molecule has 3 unspecified atom stereocenters. The lowest BCUT2D eigenvalue weighted by molar-refractivity contribution is 0.100. The molecule has 1 saturated carbocycles. The zero-order valence-electron chi connectivity index (χ0n) is 11.5. The predicted octanol–water partition coefficient (Wildman–Crippen LogP) is 2.98. The van der Waals surface area contributed by atoms with E-state index < -0.39 is 0 Å². The zero-order valence-corrected chi connectivity index (χ0v) is 11.5. The van der Waals surface area contributed by atoms with Crippen LogP contribution >= 0.6 is 0 Å². The van der Waals surface area contributed by atoms with Gasteiger partial charge in [0.1, 0.15) is 5.75 Å². The Balaban J connectivity index is 2.11. The van der Waals surface area contributed by atoms with Crippen LogP contribution in [0.1, 0.15) is 38.7 Å². The average molecular weight is 262 g/mol. The fraction of sp³-hybridized carbons (Fsp3) is 0.533. The second-order valence-electron chi connectivity index (χ2n) is 5.49. The van der Waals surface area contributed by atoms with Gasteiger partial charge in [0.15, 0.2) is 5.84 Å². The molecule has 1 aliphatic carbocycles. The van der Waals surface area contributed by atoms with Crippen molar-refractivity contribution in [3.8, 4) is 5.75 Å². The smallest absolute Gasteiger partial charge is 0.173 e. The molecule has 0 amide bonds. The van der Waals surface area contributed by atoms with Crippen LogP contribution in [0.2, 0.25) is 0 Å². The molecule has 0 aromatic heterocycles. The summed E-state index contributed by atoms with van der Waals surface area (Å²) in [5.41, 5.74) is 6.32. The van der Waals surface area contributed by atoms with Gasteiger partial charge in [0, 0.05) is 0 Å². The lowest BCUT2D eigenvalue weighted by Crippen LogP contribution is -2.29. The molecular weight excluding hydrogens is 240 g/mol. The molecule has 0 heterocycles. The molecule has 0 spiro atoms. The van der Waals surface area contributed by atoms with Crippen molar-refractivity contribution in [3.05, 3.63) is 29.8 Å². The van der Waals surface area contributed by atoms with Crippen LogP contribution in [0, 0.1) is 11.8 Å². The Hall–Kier alpha value is -1.71. The summed E-state index contributed by atoms with van der Waals surface area (Å²) in [5.74, 6) is 2.23. The molecule has 1 aliphatic rings. The summed E-state index contributed by atoms with van der Waals surface area (Å²) in [4.78, 5) is 0. The van der Waals surface area contributed by atoms with Gasteiger partial charge in [0.05, 0.1) is 11.7 Å². The minimum atomic E-state index is 0.0906. The fourth-order valence-electron chi connectivity index (χ4n) is 2.62. The summed E-state index contributed by atoms with van der Waals surface area (Å²) in [6.45, 7) is 4.57. The van der Waals surface area contributed by atoms with Crippen LogP contribution in [0.4, 0.5) is 0 Å². The van der Waals surface area contributed by atoms with E-state index >= 15 is 0 Å². The van der Waals surface area contributed by atoms with Crippen LogP contribution in [0.15, 0.2) is 29.4 Å². The normalized spacial score (nSPS) is 28.1. The molecule has 0 aliphatic heterocycles. The molecule has 2 rings (SSSR count). The van der Waals surface area contributed by atoms with E-state index in [1.807, 2.05) is 18.2 Å². The molecule has 104 valence electrons. The molecule has 4 nitrogen and oxygen atoms in total. The summed E-state index contributed by atoms with van der Waals surface area (Å²) in [5, 5.41) is 11.9. The van der Waals surface area contributed by atoms with E-state index in [4.69, 9.17) is 15.7 Å². The number of benzene rings is 1. The molecular formula is C15H22N2O2. The molecule has 19 heavy (non-hydrogen) atoms. The summed E-state index contributed by atoms with van der Waals surface area (Å²) in [6, 6.07) is 7.43. The minimum Gasteiger partial charge on any atom is -0.490 e. The number of para-hydroxylation sites is 1. The highest BCUT2D eigenvalue weighted by atomic mass is 16.5. The van der Waals surface area contributed by atoms with Crippen LogP contribution in [0.5, 0.6) is 5.75 Å². The van der Waals surface area contributed by atoms with Gasteiger partial charge in [0.25, 0.3) is 0 Å². The Kier molecular flexibility index (Phi) is 4.30. The third-order valence-corrected chi connectivity index (χ3v) is 4.11. The van der Waals surface area contributed by atoms with Gasteiger partial charge in [-0.15, -0.1) is 0 Å². The second-order valence-corrected chi connectivity index (χ2v) is 5.49. The first-order valence-electron chi connectivity index (χ1n) is 6.85. The van der Waals surface area contributed by atoms with Gasteiger partial charge in [0.2, 0.25) is 0 Å². The van der Waals surface area contributed by atoms with Gasteiger partial charge in [-0.1, -0.05) is 31.1 Å². The van der Waals surface area contributed by atoms with Gasteiger partial charge in [-0.3, -0.25) is 0 Å². The number of oxime groups is 1. The number of rotatable bonds is 3. The second kappa shape index (κ2) is 5.95. The lowest BCUT2D eigenvalue weighted by atomic mass is 9.80. The largest absolute Gasteiger partial charge is 0.490 e. The van der Waals surface area contributed by atoms with E-state index in [0.717, 1.165) is 18.8 Å². The van der Waals surface area contributed by atoms with Crippen LogP contribution in [0.25, 0.3) is 0 Å². The first-order chi connectivity index (χ1) is 9.11. The van der Waals surface area contributed by atoms with E-state index in [1.54, 1.807) is 6.07 Å². The fourth-order valence-corrected chi connectivity index (χ4v) is 2.62. The Morgan fingerprint density at radius 2 is 2.00 bits per heavy atom. The van der Waals surface area contributed by atoms with E-state index in [0.29, 0.717) is 17.2 Å². The number of hydrogen-bond donors (Lipinski definition) is 2. The SMILES string of the molecule is CC1CCC(Oc2ccccc2C(N)=NO)CC1C. The first kappa shape index (κ1) is 13.7. The Labute approximate surface area is 114 Å². The Morgan fingerprint density at radius 3 is 2.68 bits per heavy atom. The minimum absolute atomic E-state index is 0.0906. The number of nitrogens with two attached hydrogens (primary N) is 1. The topological polar surface area (TPSA) is 67.8 Å². The molecule has 3 atom stereocenters. The summed E-state index contributed by atoms with van der Waals surface area (Å²) < 4.78 is 6.06. The molecule has 0 radical (unpaired) electrons. The summed E-state index contributed by atoms with van der Waals surface area (Å²) >= 11 is 0. The highest BCUT2D eigenvalue weighted by Crippen LogP contribution is 2.32. The molecule has 0 saturated heterocycles. The maximum Gasteiger partial charge on any atom is 0.173 e. The van der Waals surface area contributed by atoms with Gasteiger partial charge in [-0.05, 0) is 43.2 Å². The highest BCUT2D eigenvalue weighted by molar-refractivity contribution is 5.99. The first-order valence-corrected chi connectivity index (χ1v) is 6.85. The van der Waals surface area contributed by atoms with Crippen LogP contribution in [-0.4, -0.2) is 17.1 Å². The third kappa shape index (κ3) is 3.19. The quantitative estimate of drug-likeness (QED) is 0.381. The van der Waals surface area contributed by atoms with Crippen molar-refractivity contribution in [1.29, 1.82) is 0 Å². The molecule has 0 bridgehead atoms. The van der Waals surface area contributed by atoms with E-state index in [-0.39, 0.29) is 11.9 Å². The maximum absolute atomic E-state index is 8.80. The maximum atomic E-state index is 8.80. The molecule has 1 aromatic rings. The van der Waals surface area contributed by atoms with Crippen LogP contribution in [-0.2, 0) is 0 Å². The van der Waals surface area contributed by atoms with Crippen molar-refractivity contribution in [3.63, 3.8) is 0 Å².